The van der Waals surface area contributed by atoms with Crippen LogP contribution in [0.5, 0.6) is 0 Å². The molecular weight excluding hydrogens is 264 g/mol. The molecule has 0 heterocycles. The Morgan fingerprint density at radius 2 is 2.00 bits per heavy atom. The first-order chi connectivity index (χ1) is 7.72. The first-order valence-electron chi connectivity index (χ1n) is 5.47. The van der Waals surface area contributed by atoms with E-state index in [1.54, 1.807) is 0 Å². The van der Waals surface area contributed by atoms with Crippen molar-refractivity contribution in [3.05, 3.63) is 0 Å². The van der Waals surface area contributed by atoms with E-state index in [1.807, 2.05) is 0 Å². The summed E-state index contributed by atoms with van der Waals surface area (Å²) >= 11 is 0. The maximum atomic E-state index is 11.7. The molecule has 0 aromatic heterocycles. The first kappa shape index (κ1) is 14.6. The lowest BCUT2D eigenvalue weighted by molar-refractivity contribution is -0.138. The van der Waals surface area contributed by atoms with Crippen molar-refractivity contribution in [2.24, 2.45) is 5.41 Å². The Morgan fingerprint density at radius 1 is 1.41 bits per heavy atom. The second-order valence-electron chi connectivity index (χ2n) is 4.84. The zero-order valence-electron chi connectivity index (χ0n) is 9.85. The fourth-order valence-corrected chi connectivity index (χ4v) is 4.30. The molecule has 5 nitrogen and oxygen atoms in total. The van der Waals surface area contributed by atoms with Gasteiger partial charge in [0.05, 0.1) is 12.2 Å². The average Bonchev–Trinajstić information content (AvgIpc) is 2.80. The number of carbonyl (C=O) groups is 1. The van der Waals surface area contributed by atoms with Gasteiger partial charge in [0.15, 0.2) is 0 Å². The van der Waals surface area contributed by atoms with Gasteiger partial charge < -0.3 is 5.11 Å². The Bertz CT molecular complexity index is 408. The number of sulfone groups is 1. The highest BCUT2D eigenvalue weighted by Gasteiger charge is 2.45. The summed E-state index contributed by atoms with van der Waals surface area (Å²) in [7, 11) is -4.10. The smallest absolute Gasteiger partial charge is 0.303 e. The van der Waals surface area contributed by atoms with E-state index in [2.05, 4.69) is 0 Å². The molecule has 1 rings (SSSR count). The SMILES string of the molecule is CS(=O)(=O)CCCS(=O)CC1(CC(=O)O)CC1. The molecule has 0 radical (unpaired) electrons. The molecule has 0 aromatic carbocycles. The van der Waals surface area contributed by atoms with Crippen molar-refractivity contribution >= 4 is 26.6 Å². The molecule has 1 N–H and O–H groups in total. The number of carboxylic acids is 1. The number of hydrogen-bond acceptors (Lipinski definition) is 4. The first-order valence-corrected chi connectivity index (χ1v) is 9.02. The Hall–Kier alpha value is -0.430. The minimum absolute atomic E-state index is 0.0463. The monoisotopic (exact) mass is 282 g/mol. The van der Waals surface area contributed by atoms with Crippen LogP contribution in [0.2, 0.25) is 0 Å². The lowest BCUT2D eigenvalue weighted by atomic mass is 10.1. The Morgan fingerprint density at radius 3 is 2.41 bits per heavy atom. The third-order valence-corrected chi connectivity index (χ3v) is 5.55. The zero-order valence-corrected chi connectivity index (χ0v) is 11.5. The van der Waals surface area contributed by atoms with E-state index in [1.165, 1.54) is 0 Å². The molecule has 0 bridgehead atoms. The predicted octanol–water partition coefficient (Wildman–Crippen LogP) is 0.425. The third kappa shape index (κ3) is 6.16. The van der Waals surface area contributed by atoms with E-state index in [0.717, 1.165) is 19.1 Å². The van der Waals surface area contributed by atoms with Crippen LogP contribution in [0.15, 0.2) is 0 Å². The maximum absolute atomic E-state index is 11.7. The lowest BCUT2D eigenvalue weighted by Gasteiger charge is -2.11. The quantitative estimate of drug-likeness (QED) is 0.697. The van der Waals surface area contributed by atoms with Crippen LogP contribution in [-0.2, 0) is 25.4 Å². The van der Waals surface area contributed by atoms with Crippen LogP contribution in [0, 0.1) is 5.41 Å². The van der Waals surface area contributed by atoms with Gasteiger partial charge in [0, 0.05) is 28.6 Å². The van der Waals surface area contributed by atoms with Gasteiger partial charge >= 0.3 is 5.97 Å². The summed E-state index contributed by atoms with van der Waals surface area (Å²) in [5, 5.41) is 8.71. The van der Waals surface area contributed by atoms with Gasteiger partial charge in [-0.1, -0.05) is 0 Å². The molecule has 1 aliphatic rings. The summed E-state index contributed by atoms with van der Waals surface area (Å²) in [6.07, 6.45) is 3.25. The molecule has 7 heteroatoms. The molecular formula is C10H18O5S2. The molecule has 1 saturated carbocycles. The van der Waals surface area contributed by atoms with Crippen LogP contribution in [0.4, 0.5) is 0 Å². The van der Waals surface area contributed by atoms with E-state index < -0.39 is 26.6 Å². The van der Waals surface area contributed by atoms with Gasteiger partial charge in [0.1, 0.15) is 9.84 Å². The average molecular weight is 282 g/mol. The molecule has 17 heavy (non-hydrogen) atoms. The highest BCUT2D eigenvalue weighted by molar-refractivity contribution is 7.90. The van der Waals surface area contributed by atoms with Gasteiger partial charge in [0.2, 0.25) is 0 Å². The fourth-order valence-electron chi connectivity index (χ4n) is 1.77. The van der Waals surface area contributed by atoms with Crippen LogP contribution < -0.4 is 0 Å². The number of hydrogen-bond donors (Lipinski definition) is 1. The van der Waals surface area contributed by atoms with E-state index >= 15 is 0 Å². The third-order valence-electron chi connectivity index (χ3n) is 2.84. The van der Waals surface area contributed by atoms with Gasteiger partial charge in [-0.25, -0.2) is 8.42 Å². The molecule has 0 aliphatic heterocycles. The van der Waals surface area contributed by atoms with E-state index in [-0.39, 0.29) is 17.6 Å². The molecule has 0 spiro atoms. The number of rotatable bonds is 8. The highest BCUT2D eigenvalue weighted by atomic mass is 32.2. The van der Waals surface area contributed by atoms with Crippen LogP contribution in [0.3, 0.4) is 0 Å². The van der Waals surface area contributed by atoms with Crippen molar-refractivity contribution in [3.8, 4) is 0 Å². The van der Waals surface area contributed by atoms with Gasteiger partial charge in [-0.15, -0.1) is 0 Å². The second kappa shape index (κ2) is 5.48. The molecule has 100 valence electrons. The standard InChI is InChI=1S/C10H18O5S2/c1-17(14,15)6-2-5-16(13)8-10(3-4-10)7-9(11)12/h2-8H2,1H3,(H,11,12). The summed E-state index contributed by atoms with van der Waals surface area (Å²) in [5.74, 6) is -0.0713. The van der Waals surface area contributed by atoms with Crippen molar-refractivity contribution in [1.29, 1.82) is 0 Å². The van der Waals surface area contributed by atoms with Crippen molar-refractivity contribution in [1.82, 2.24) is 0 Å². The van der Waals surface area contributed by atoms with E-state index in [4.69, 9.17) is 5.11 Å². The Labute approximate surface area is 104 Å². The molecule has 0 amide bonds. The lowest BCUT2D eigenvalue weighted by Crippen LogP contribution is -2.19. The van der Waals surface area contributed by atoms with Crippen LogP contribution in [0.25, 0.3) is 0 Å². The summed E-state index contributed by atoms with van der Waals surface area (Å²) in [4.78, 5) is 10.6. The minimum atomic E-state index is -3.00. The van der Waals surface area contributed by atoms with Gasteiger partial charge in [0.25, 0.3) is 0 Å². The summed E-state index contributed by atoms with van der Waals surface area (Å²) in [5.41, 5.74) is -0.276. The van der Waals surface area contributed by atoms with Gasteiger partial charge in [-0.05, 0) is 24.7 Å². The molecule has 1 atom stereocenters. The number of carboxylic acid groups (broad SMARTS) is 1. The Balaban J connectivity index is 2.28. The highest BCUT2D eigenvalue weighted by Crippen LogP contribution is 2.49. The molecule has 0 aromatic rings. The molecule has 1 aliphatic carbocycles. The van der Waals surface area contributed by atoms with Crippen molar-refractivity contribution in [2.75, 3.05) is 23.5 Å². The topological polar surface area (TPSA) is 88.5 Å². The maximum Gasteiger partial charge on any atom is 0.303 e. The zero-order chi connectivity index (χ0) is 13.1. The molecule has 0 saturated heterocycles. The van der Waals surface area contributed by atoms with Crippen molar-refractivity contribution in [2.45, 2.75) is 25.7 Å². The predicted molar refractivity (Wildman–Crippen MR) is 66.1 cm³/mol. The second-order valence-corrected chi connectivity index (χ2v) is 8.68. The van der Waals surface area contributed by atoms with Gasteiger partial charge in [-0.3, -0.25) is 9.00 Å². The van der Waals surface area contributed by atoms with Crippen molar-refractivity contribution in [3.63, 3.8) is 0 Å². The number of aliphatic carboxylic acids is 1. The molecule has 1 fully saturated rings. The fraction of sp³-hybridized carbons (Fsp3) is 0.900. The molecule has 1 unspecified atom stereocenters. The van der Waals surface area contributed by atoms with Gasteiger partial charge in [-0.2, -0.15) is 0 Å². The normalized spacial score (nSPS) is 19.8. The largest absolute Gasteiger partial charge is 0.481 e. The summed E-state index contributed by atoms with van der Waals surface area (Å²) in [6.45, 7) is 0. The Kier molecular flexibility index (Phi) is 4.71. The summed E-state index contributed by atoms with van der Waals surface area (Å²) in [6, 6.07) is 0. The minimum Gasteiger partial charge on any atom is -0.481 e. The summed E-state index contributed by atoms with van der Waals surface area (Å²) < 4.78 is 33.4. The van der Waals surface area contributed by atoms with E-state index in [9.17, 15) is 17.4 Å². The van der Waals surface area contributed by atoms with E-state index in [0.29, 0.717) is 17.9 Å². The van der Waals surface area contributed by atoms with Crippen LogP contribution >= 0.6 is 0 Å². The van der Waals surface area contributed by atoms with Crippen molar-refractivity contribution < 1.29 is 22.5 Å². The van der Waals surface area contributed by atoms with Crippen LogP contribution in [-0.4, -0.2) is 47.2 Å². The van der Waals surface area contributed by atoms with Crippen LogP contribution in [0.1, 0.15) is 25.7 Å².